The number of para-hydroxylation sites is 1. The Balaban J connectivity index is 1.46. The van der Waals surface area contributed by atoms with Crippen LogP contribution in [0.4, 0.5) is 4.39 Å². The van der Waals surface area contributed by atoms with Gasteiger partial charge in [0.25, 0.3) is 5.91 Å². The zero-order chi connectivity index (χ0) is 18.8. The van der Waals surface area contributed by atoms with E-state index in [-0.39, 0.29) is 18.1 Å². The number of hydrogen-bond donors (Lipinski definition) is 1. The third-order valence-electron chi connectivity index (χ3n) is 4.05. The predicted octanol–water partition coefficient (Wildman–Crippen LogP) is 3.37. The van der Waals surface area contributed by atoms with E-state index < -0.39 is 5.82 Å². The van der Waals surface area contributed by atoms with E-state index in [9.17, 15) is 9.18 Å². The average molecular weight is 388 g/mol. The van der Waals surface area contributed by atoms with Gasteiger partial charge < -0.3 is 14.8 Å². The van der Waals surface area contributed by atoms with E-state index in [0.717, 1.165) is 5.56 Å². The molecule has 0 saturated heterocycles. The predicted molar refractivity (Wildman–Crippen MR) is 97.1 cm³/mol. The van der Waals surface area contributed by atoms with Gasteiger partial charge in [-0.05, 0) is 29.8 Å². The van der Waals surface area contributed by atoms with Gasteiger partial charge in [-0.15, -0.1) is 0 Å². The second kappa shape index (κ2) is 7.28. The van der Waals surface area contributed by atoms with Crippen molar-refractivity contribution in [3.05, 3.63) is 70.8 Å². The van der Waals surface area contributed by atoms with Gasteiger partial charge in [-0.1, -0.05) is 23.7 Å². The van der Waals surface area contributed by atoms with Crippen LogP contribution >= 0.6 is 11.6 Å². The molecule has 0 radical (unpaired) electrons. The SMILES string of the molecule is O=C(NCc1cc(Cl)c2c(c1)OCCO2)c1cnn(-c2ccccc2F)c1. The molecule has 0 atom stereocenters. The topological polar surface area (TPSA) is 65.4 Å². The van der Waals surface area contributed by atoms with Gasteiger partial charge in [0.15, 0.2) is 11.5 Å². The van der Waals surface area contributed by atoms with Crippen LogP contribution in [0.25, 0.3) is 5.69 Å². The van der Waals surface area contributed by atoms with Crippen LogP contribution < -0.4 is 14.8 Å². The van der Waals surface area contributed by atoms with Crippen LogP contribution in [0.15, 0.2) is 48.8 Å². The molecule has 8 heteroatoms. The van der Waals surface area contributed by atoms with Gasteiger partial charge in [0.2, 0.25) is 0 Å². The van der Waals surface area contributed by atoms with E-state index in [2.05, 4.69) is 10.4 Å². The molecule has 2 heterocycles. The van der Waals surface area contributed by atoms with Gasteiger partial charge in [0.05, 0.1) is 16.8 Å². The lowest BCUT2D eigenvalue weighted by Crippen LogP contribution is -2.23. The van der Waals surface area contributed by atoms with E-state index >= 15 is 0 Å². The van der Waals surface area contributed by atoms with Crippen molar-refractivity contribution >= 4 is 17.5 Å². The van der Waals surface area contributed by atoms with Crippen LogP contribution in [-0.4, -0.2) is 28.9 Å². The van der Waals surface area contributed by atoms with Crippen molar-refractivity contribution in [1.29, 1.82) is 0 Å². The van der Waals surface area contributed by atoms with Crippen LogP contribution in [-0.2, 0) is 6.54 Å². The fourth-order valence-corrected chi connectivity index (χ4v) is 3.05. The molecule has 6 nitrogen and oxygen atoms in total. The maximum Gasteiger partial charge on any atom is 0.254 e. The van der Waals surface area contributed by atoms with Crippen LogP contribution in [0.3, 0.4) is 0 Å². The largest absolute Gasteiger partial charge is 0.486 e. The normalized spacial score (nSPS) is 12.7. The van der Waals surface area contributed by atoms with Gasteiger partial charge in [-0.3, -0.25) is 4.79 Å². The molecule has 0 saturated carbocycles. The first-order chi connectivity index (χ1) is 13.1. The third-order valence-corrected chi connectivity index (χ3v) is 4.33. The Morgan fingerprint density at radius 1 is 1.26 bits per heavy atom. The number of amides is 1. The van der Waals surface area contributed by atoms with Gasteiger partial charge in [0.1, 0.15) is 24.7 Å². The molecule has 1 N–H and O–H groups in total. The van der Waals surface area contributed by atoms with Crippen molar-refractivity contribution in [3.8, 4) is 17.2 Å². The van der Waals surface area contributed by atoms with Crippen molar-refractivity contribution in [2.75, 3.05) is 13.2 Å². The number of nitrogens with one attached hydrogen (secondary N) is 1. The summed E-state index contributed by atoms with van der Waals surface area (Å²) in [7, 11) is 0. The molecule has 0 fully saturated rings. The molecule has 0 unspecified atom stereocenters. The molecule has 27 heavy (non-hydrogen) atoms. The lowest BCUT2D eigenvalue weighted by atomic mass is 10.2. The number of aromatic nitrogens is 2. The average Bonchev–Trinajstić information content (AvgIpc) is 3.16. The minimum Gasteiger partial charge on any atom is -0.486 e. The van der Waals surface area contributed by atoms with E-state index in [4.69, 9.17) is 21.1 Å². The summed E-state index contributed by atoms with van der Waals surface area (Å²) in [5.74, 6) is 0.330. The molecule has 1 aliphatic heterocycles. The zero-order valence-corrected chi connectivity index (χ0v) is 14.9. The highest BCUT2D eigenvalue weighted by molar-refractivity contribution is 6.32. The van der Waals surface area contributed by atoms with Gasteiger partial charge in [-0.2, -0.15) is 5.10 Å². The Morgan fingerprint density at radius 2 is 2.07 bits per heavy atom. The minimum absolute atomic E-state index is 0.250. The Bertz CT molecular complexity index is 1010. The summed E-state index contributed by atoms with van der Waals surface area (Å²) in [5, 5.41) is 7.28. The second-order valence-electron chi connectivity index (χ2n) is 5.91. The number of carbonyl (C=O) groups is 1. The van der Waals surface area contributed by atoms with E-state index in [1.165, 1.54) is 23.1 Å². The number of fused-ring (bicyclic) bond motifs is 1. The molecule has 2 aromatic carbocycles. The summed E-state index contributed by atoms with van der Waals surface area (Å²) < 4.78 is 26.2. The quantitative estimate of drug-likeness (QED) is 0.745. The van der Waals surface area contributed by atoms with Crippen molar-refractivity contribution in [2.24, 2.45) is 0 Å². The Labute approximate surface area is 159 Å². The van der Waals surface area contributed by atoms with Crippen molar-refractivity contribution < 1.29 is 18.7 Å². The molecule has 1 aromatic heterocycles. The minimum atomic E-state index is -0.418. The number of halogens is 2. The summed E-state index contributed by atoms with van der Waals surface area (Å²) in [6, 6.07) is 9.71. The first-order valence-corrected chi connectivity index (χ1v) is 8.65. The fourth-order valence-electron chi connectivity index (χ4n) is 2.76. The Kier molecular flexibility index (Phi) is 4.68. The lowest BCUT2D eigenvalue weighted by Gasteiger charge is -2.20. The highest BCUT2D eigenvalue weighted by Gasteiger charge is 2.17. The first-order valence-electron chi connectivity index (χ1n) is 8.27. The van der Waals surface area contributed by atoms with Crippen molar-refractivity contribution in [2.45, 2.75) is 6.54 Å². The number of benzene rings is 2. The smallest absolute Gasteiger partial charge is 0.254 e. The van der Waals surface area contributed by atoms with Gasteiger partial charge in [-0.25, -0.2) is 9.07 Å². The fraction of sp³-hybridized carbons (Fsp3) is 0.158. The molecule has 0 bridgehead atoms. The second-order valence-corrected chi connectivity index (χ2v) is 6.32. The van der Waals surface area contributed by atoms with Crippen LogP contribution in [0.2, 0.25) is 5.02 Å². The summed E-state index contributed by atoms with van der Waals surface area (Å²) >= 11 is 6.20. The summed E-state index contributed by atoms with van der Waals surface area (Å²) in [4.78, 5) is 12.4. The highest BCUT2D eigenvalue weighted by Crippen LogP contribution is 2.38. The van der Waals surface area contributed by atoms with Crippen LogP contribution in [0, 0.1) is 5.82 Å². The number of rotatable bonds is 4. The molecule has 0 spiro atoms. The molecule has 1 amide bonds. The van der Waals surface area contributed by atoms with Gasteiger partial charge >= 0.3 is 0 Å². The molecule has 3 aromatic rings. The van der Waals surface area contributed by atoms with Crippen LogP contribution in [0.1, 0.15) is 15.9 Å². The number of carbonyl (C=O) groups excluding carboxylic acids is 1. The Morgan fingerprint density at radius 3 is 2.93 bits per heavy atom. The third kappa shape index (κ3) is 3.59. The van der Waals surface area contributed by atoms with Gasteiger partial charge in [0, 0.05) is 12.7 Å². The summed E-state index contributed by atoms with van der Waals surface area (Å²) in [5.41, 5.74) is 1.37. The first kappa shape index (κ1) is 17.4. The Hall–Kier alpha value is -3.06. The van der Waals surface area contributed by atoms with Crippen molar-refractivity contribution in [3.63, 3.8) is 0 Å². The molecule has 138 valence electrons. The van der Waals surface area contributed by atoms with E-state index in [1.807, 2.05) is 0 Å². The number of nitrogens with zero attached hydrogens (tertiary/aromatic N) is 2. The van der Waals surface area contributed by atoms with Crippen LogP contribution in [0.5, 0.6) is 11.5 Å². The van der Waals surface area contributed by atoms with E-state index in [1.54, 1.807) is 30.3 Å². The van der Waals surface area contributed by atoms with E-state index in [0.29, 0.717) is 35.3 Å². The maximum absolute atomic E-state index is 13.8. The molecular weight excluding hydrogens is 373 g/mol. The summed E-state index contributed by atoms with van der Waals surface area (Å²) in [6.45, 7) is 1.16. The van der Waals surface area contributed by atoms with Crippen molar-refractivity contribution in [1.82, 2.24) is 15.1 Å². The zero-order valence-electron chi connectivity index (χ0n) is 14.1. The maximum atomic E-state index is 13.8. The monoisotopic (exact) mass is 387 g/mol. The highest BCUT2D eigenvalue weighted by atomic mass is 35.5. The molecule has 4 rings (SSSR count). The number of hydrogen-bond acceptors (Lipinski definition) is 4. The molecular formula is C19H15ClFN3O3. The summed E-state index contributed by atoms with van der Waals surface area (Å²) in [6.07, 6.45) is 2.86. The molecule has 1 aliphatic rings. The molecule has 0 aliphatic carbocycles. The lowest BCUT2D eigenvalue weighted by molar-refractivity contribution is 0.0950. The standard InChI is InChI=1S/C19H15ClFN3O3/c20-14-7-12(8-17-18(14)27-6-5-26-17)9-22-19(25)13-10-23-24(11-13)16-4-2-1-3-15(16)21/h1-4,7-8,10-11H,5-6,9H2,(H,22,25). The number of ether oxygens (including phenoxy) is 2.